The number of nitrogens with zero attached hydrogens (tertiary/aromatic N) is 1. The van der Waals surface area contributed by atoms with Crippen molar-refractivity contribution in [1.82, 2.24) is 0 Å². The third-order valence-corrected chi connectivity index (χ3v) is 1.28. The molecule has 3 nitrogen and oxygen atoms in total. The molecule has 0 amide bonds. The summed E-state index contributed by atoms with van der Waals surface area (Å²) in [7, 11) is -1.60. The van der Waals surface area contributed by atoms with E-state index in [4.69, 9.17) is 5.02 Å². The Labute approximate surface area is 63.0 Å². The summed E-state index contributed by atoms with van der Waals surface area (Å²) in [4.78, 5) is 9.79. The maximum atomic E-state index is 12.7. The van der Waals surface area contributed by atoms with Crippen LogP contribution in [0.2, 0.25) is 0 Å². The maximum Gasteiger partial charge on any atom is 0.520 e. The van der Waals surface area contributed by atoms with Crippen molar-refractivity contribution in [3.63, 3.8) is 0 Å². The molecular weight excluding hydrogens is 148 g/mol. The van der Waals surface area contributed by atoms with E-state index in [1.807, 2.05) is 0 Å². The second kappa shape index (κ2) is 3.25. The fraction of sp³-hybridized carbons (Fsp3) is 0. The van der Waals surface area contributed by atoms with Gasteiger partial charge in [0.1, 0.15) is 5.82 Å². The lowest BCUT2D eigenvalue weighted by molar-refractivity contribution is 0.578. The molecule has 0 aromatic heterocycles. The van der Waals surface area contributed by atoms with Crippen LogP contribution >= 0.6 is 0 Å². The first-order chi connectivity index (χ1) is 5.25. The third-order valence-electron chi connectivity index (χ3n) is 1.28. The molecule has 0 bridgehead atoms. The Balaban J connectivity index is 3.02. The summed E-state index contributed by atoms with van der Waals surface area (Å²) in [5, 5.41) is 11.1. The first-order valence-electron chi connectivity index (χ1n) is 3.00. The first kappa shape index (κ1) is 7.88. The SMILES string of the molecule is O=NB(O)c1ccccc1F. The smallest absolute Gasteiger partial charge is 0.425 e. The van der Waals surface area contributed by atoms with E-state index in [1.165, 1.54) is 18.2 Å². The zero-order valence-electron chi connectivity index (χ0n) is 5.57. The third kappa shape index (κ3) is 1.62. The molecule has 0 heterocycles. The molecule has 1 rings (SSSR count). The largest absolute Gasteiger partial charge is 0.520 e. The number of hydrogen-bond donors (Lipinski definition) is 1. The van der Waals surface area contributed by atoms with E-state index in [9.17, 15) is 9.30 Å². The Hall–Kier alpha value is -1.23. The van der Waals surface area contributed by atoms with E-state index in [1.54, 1.807) is 0 Å². The van der Waals surface area contributed by atoms with Crippen LogP contribution in [0.4, 0.5) is 4.39 Å². The summed E-state index contributed by atoms with van der Waals surface area (Å²) >= 11 is 0. The maximum absolute atomic E-state index is 12.7. The molecule has 0 radical (unpaired) electrons. The molecule has 0 aliphatic heterocycles. The lowest BCUT2D eigenvalue weighted by atomic mass is 9.75. The van der Waals surface area contributed by atoms with Gasteiger partial charge in [-0.05, 0) is 6.07 Å². The minimum Gasteiger partial charge on any atom is -0.425 e. The van der Waals surface area contributed by atoms with Crippen molar-refractivity contribution in [3.8, 4) is 0 Å². The molecule has 0 saturated heterocycles. The van der Waals surface area contributed by atoms with Gasteiger partial charge in [-0.1, -0.05) is 23.3 Å². The van der Waals surface area contributed by atoms with E-state index >= 15 is 0 Å². The van der Waals surface area contributed by atoms with Crippen molar-refractivity contribution in [2.24, 2.45) is 5.09 Å². The Kier molecular flexibility index (Phi) is 2.33. The molecule has 0 unspecified atom stereocenters. The van der Waals surface area contributed by atoms with Crippen LogP contribution in [0.25, 0.3) is 0 Å². The van der Waals surface area contributed by atoms with Crippen LogP contribution in [0.5, 0.6) is 0 Å². The van der Waals surface area contributed by atoms with Crippen LogP contribution in [0.15, 0.2) is 29.4 Å². The molecule has 0 atom stereocenters. The predicted molar refractivity (Wildman–Crippen MR) is 39.8 cm³/mol. The van der Waals surface area contributed by atoms with Gasteiger partial charge in [-0.2, -0.15) is 4.91 Å². The van der Waals surface area contributed by atoms with Gasteiger partial charge < -0.3 is 5.02 Å². The normalized spacial score (nSPS) is 9.27. The summed E-state index contributed by atoms with van der Waals surface area (Å²) in [5.41, 5.74) is -0.0949. The molecule has 1 aromatic rings. The summed E-state index contributed by atoms with van der Waals surface area (Å²) < 4.78 is 12.7. The molecule has 1 aromatic carbocycles. The molecule has 1 N–H and O–H groups in total. The molecule has 56 valence electrons. The first-order valence-corrected chi connectivity index (χ1v) is 3.00. The molecule has 5 heteroatoms. The average Bonchev–Trinajstić information content (AvgIpc) is 2.04. The van der Waals surface area contributed by atoms with Gasteiger partial charge in [0.05, 0.1) is 0 Å². The van der Waals surface area contributed by atoms with E-state index in [-0.39, 0.29) is 5.46 Å². The standard InChI is InChI=1S/C6H5BFNO2/c8-6-4-2-1-3-5(6)7(10)9-11/h1-4,10H. The summed E-state index contributed by atoms with van der Waals surface area (Å²) in [5.74, 6) is -0.625. The van der Waals surface area contributed by atoms with Gasteiger partial charge in [-0.15, -0.1) is 0 Å². The molecule has 0 aliphatic rings. The number of halogens is 1. The van der Waals surface area contributed by atoms with E-state index in [0.717, 1.165) is 6.07 Å². The Bertz CT molecular complexity index is 269. The minimum atomic E-state index is -1.60. The molecular formula is C6H5BFNO2. The van der Waals surface area contributed by atoms with Crippen LogP contribution in [-0.4, -0.2) is 12.1 Å². The topological polar surface area (TPSA) is 49.7 Å². The van der Waals surface area contributed by atoms with Gasteiger partial charge in [-0.3, -0.25) is 0 Å². The minimum absolute atomic E-state index is 0.0949. The summed E-state index contributed by atoms with van der Waals surface area (Å²) in [6, 6.07) is 5.45. The van der Waals surface area contributed by atoms with E-state index in [2.05, 4.69) is 5.09 Å². The highest BCUT2D eigenvalue weighted by atomic mass is 19.1. The average molecular weight is 153 g/mol. The van der Waals surface area contributed by atoms with Gasteiger partial charge in [0, 0.05) is 5.46 Å². The second-order valence-electron chi connectivity index (χ2n) is 2.00. The lowest BCUT2D eigenvalue weighted by Gasteiger charge is -1.97. The Morgan fingerprint density at radius 2 is 2.09 bits per heavy atom. The number of benzene rings is 1. The highest BCUT2D eigenvalue weighted by Crippen LogP contribution is 1.94. The summed E-state index contributed by atoms with van der Waals surface area (Å²) in [6.07, 6.45) is 0. The van der Waals surface area contributed by atoms with Gasteiger partial charge in [0.2, 0.25) is 0 Å². The quantitative estimate of drug-likeness (QED) is 0.489. The van der Waals surface area contributed by atoms with Crippen LogP contribution < -0.4 is 5.46 Å². The van der Waals surface area contributed by atoms with Crippen molar-refractivity contribution < 1.29 is 9.41 Å². The lowest BCUT2D eigenvalue weighted by Crippen LogP contribution is -2.30. The van der Waals surface area contributed by atoms with Crippen molar-refractivity contribution >= 4 is 12.5 Å². The van der Waals surface area contributed by atoms with Crippen molar-refractivity contribution in [2.45, 2.75) is 0 Å². The van der Waals surface area contributed by atoms with E-state index in [0.29, 0.717) is 0 Å². The summed E-state index contributed by atoms with van der Waals surface area (Å²) in [6.45, 7) is 0. The van der Waals surface area contributed by atoms with Crippen LogP contribution in [-0.2, 0) is 0 Å². The van der Waals surface area contributed by atoms with Crippen LogP contribution in [0, 0.1) is 10.7 Å². The molecule has 0 aliphatic carbocycles. The zero-order valence-corrected chi connectivity index (χ0v) is 5.57. The van der Waals surface area contributed by atoms with Crippen LogP contribution in [0.3, 0.4) is 0 Å². The predicted octanol–water partition coefficient (Wildman–Crippen LogP) is 0.280. The highest BCUT2D eigenvalue weighted by Gasteiger charge is 2.19. The molecule has 0 fully saturated rings. The van der Waals surface area contributed by atoms with Crippen LogP contribution in [0.1, 0.15) is 0 Å². The molecule has 0 spiro atoms. The number of nitroso groups, excluding NO2 is 1. The van der Waals surface area contributed by atoms with E-state index < -0.39 is 12.9 Å². The molecule has 0 saturated carbocycles. The molecule has 11 heavy (non-hydrogen) atoms. The fourth-order valence-electron chi connectivity index (χ4n) is 0.741. The monoisotopic (exact) mass is 153 g/mol. The van der Waals surface area contributed by atoms with Crippen molar-refractivity contribution in [1.29, 1.82) is 0 Å². The Morgan fingerprint density at radius 1 is 1.45 bits per heavy atom. The highest BCUT2D eigenvalue weighted by molar-refractivity contribution is 6.64. The van der Waals surface area contributed by atoms with Gasteiger partial charge in [0.25, 0.3) is 0 Å². The second-order valence-corrected chi connectivity index (χ2v) is 2.00. The van der Waals surface area contributed by atoms with Crippen molar-refractivity contribution in [3.05, 3.63) is 35.0 Å². The van der Waals surface area contributed by atoms with Gasteiger partial charge in [0.15, 0.2) is 0 Å². The zero-order chi connectivity index (χ0) is 8.27. The fourth-order valence-corrected chi connectivity index (χ4v) is 0.741. The Morgan fingerprint density at radius 3 is 2.64 bits per heavy atom. The van der Waals surface area contributed by atoms with Crippen molar-refractivity contribution in [2.75, 3.05) is 0 Å². The van der Waals surface area contributed by atoms with Gasteiger partial charge >= 0.3 is 7.05 Å². The number of rotatable bonds is 2. The van der Waals surface area contributed by atoms with Gasteiger partial charge in [-0.25, -0.2) is 4.39 Å². The number of hydrogen-bond acceptors (Lipinski definition) is 3.